The van der Waals surface area contributed by atoms with Gasteiger partial charge in [-0.25, -0.2) is 18.1 Å². The topological polar surface area (TPSA) is 101 Å². The zero-order valence-electron chi connectivity index (χ0n) is 13.5. The smallest absolute Gasteiger partial charge is 0.263 e. The number of hydrogen-bond donors (Lipinski definition) is 1. The standard InChI is InChI=1S/C15H17N5O3S2/c1-10-13-14(16-9-17-15(13)23-18-10)20-6-4-11(5-7-20)19-25(21,22)12-3-2-8-24-12/h2-3,8-9,11,19H,4-7H2,1H3. The van der Waals surface area contributed by atoms with Crippen LogP contribution in [0.15, 0.2) is 32.6 Å². The molecule has 1 saturated heterocycles. The van der Waals surface area contributed by atoms with Crippen molar-refractivity contribution in [2.45, 2.75) is 30.0 Å². The fourth-order valence-electron chi connectivity index (χ4n) is 3.05. The molecule has 4 rings (SSSR count). The van der Waals surface area contributed by atoms with Gasteiger partial charge in [-0.1, -0.05) is 11.2 Å². The van der Waals surface area contributed by atoms with Crippen LogP contribution in [0.3, 0.4) is 0 Å². The fraction of sp³-hybridized carbons (Fsp3) is 0.400. The summed E-state index contributed by atoms with van der Waals surface area (Å²) >= 11 is 1.22. The van der Waals surface area contributed by atoms with Gasteiger partial charge in [0, 0.05) is 19.1 Å². The molecule has 0 saturated carbocycles. The van der Waals surface area contributed by atoms with Gasteiger partial charge in [-0.05, 0) is 31.2 Å². The van der Waals surface area contributed by atoms with Crippen LogP contribution < -0.4 is 9.62 Å². The summed E-state index contributed by atoms with van der Waals surface area (Å²) in [4.78, 5) is 10.6. The third-order valence-electron chi connectivity index (χ3n) is 4.30. The highest BCUT2D eigenvalue weighted by molar-refractivity contribution is 7.91. The molecule has 0 aliphatic carbocycles. The van der Waals surface area contributed by atoms with Gasteiger partial charge in [0.05, 0.1) is 5.69 Å². The third kappa shape index (κ3) is 3.12. The molecule has 1 aliphatic rings. The van der Waals surface area contributed by atoms with Gasteiger partial charge in [0.15, 0.2) is 0 Å². The maximum atomic E-state index is 12.3. The van der Waals surface area contributed by atoms with Crippen molar-refractivity contribution in [3.63, 3.8) is 0 Å². The van der Waals surface area contributed by atoms with Crippen molar-refractivity contribution >= 4 is 38.3 Å². The van der Waals surface area contributed by atoms with Crippen molar-refractivity contribution in [1.29, 1.82) is 0 Å². The quantitative estimate of drug-likeness (QED) is 0.739. The summed E-state index contributed by atoms with van der Waals surface area (Å²) in [5.41, 5.74) is 1.23. The fourth-order valence-corrected chi connectivity index (χ4v) is 5.36. The number of anilines is 1. The van der Waals surface area contributed by atoms with E-state index in [9.17, 15) is 8.42 Å². The Kier molecular flexibility index (Phi) is 4.18. The van der Waals surface area contributed by atoms with Gasteiger partial charge in [0.25, 0.3) is 5.71 Å². The number of thiophene rings is 1. The predicted octanol–water partition coefficient (Wildman–Crippen LogP) is 1.94. The molecule has 1 N–H and O–H groups in total. The molecule has 3 aromatic rings. The lowest BCUT2D eigenvalue weighted by Gasteiger charge is -2.33. The number of aryl methyl sites for hydroxylation is 1. The Bertz CT molecular complexity index is 976. The molecular weight excluding hydrogens is 362 g/mol. The highest BCUT2D eigenvalue weighted by Crippen LogP contribution is 2.28. The zero-order chi connectivity index (χ0) is 17.4. The maximum Gasteiger partial charge on any atom is 0.263 e. The second kappa shape index (κ2) is 6.36. The van der Waals surface area contributed by atoms with E-state index in [1.807, 2.05) is 6.92 Å². The summed E-state index contributed by atoms with van der Waals surface area (Å²) in [5, 5.41) is 6.53. The second-order valence-electron chi connectivity index (χ2n) is 5.96. The van der Waals surface area contributed by atoms with Crippen LogP contribution >= 0.6 is 11.3 Å². The Morgan fingerprint density at radius 2 is 2.12 bits per heavy atom. The number of rotatable bonds is 4. The third-order valence-corrected chi connectivity index (χ3v) is 7.22. The Morgan fingerprint density at radius 1 is 1.32 bits per heavy atom. The van der Waals surface area contributed by atoms with Crippen LogP contribution in [-0.4, -0.2) is 42.7 Å². The molecule has 1 aliphatic heterocycles. The van der Waals surface area contributed by atoms with E-state index in [2.05, 4.69) is 24.7 Å². The predicted molar refractivity (Wildman–Crippen MR) is 94.2 cm³/mol. The second-order valence-corrected chi connectivity index (χ2v) is 8.85. The largest absolute Gasteiger partial charge is 0.356 e. The van der Waals surface area contributed by atoms with E-state index in [1.165, 1.54) is 17.7 Å². The van der Waals surface area contributed by atoms with Gasteiger partial charge in [-0.15, -0.1) is 11.3 Å². The summed E-state index contributed by atoms with van der Waals surface area (Å²) in [6.45, 7) is 3.27. The monoisotopic (exact) mass is 379 g/mol. The first-order valence-electron chi connectivity index (χ1n) is 7.92. The number of sulfonamides is 1. The molecule has 4 heterocycles. The van der Waals surface area contributed by atoms with Crippen LogP contribution in [0.25, 0.3) is 11.1 Å². The van der Waals surface area contributed by atoms with Crippen LogP contribution in [0.5, 0.6) is 0 Å². The van der Waals surface area contributed by atoms with E-state index in [0.29, 0.717) is 35.9 Å². The number of nitrogens with one attached hydrogen (secondary N) is 1. The van der Waals surface area contributed by atoms with Crippen LogP contribution in [0.2, 0.25) is 0 Å². The van der Waals surface area contributed by atoms with Crippen LogP contribution in [0, 0.1) is 6.92 Å². The Balaban J connectivity index is 1.47. The average molecular weight is 379 g/mol. The molecule has 3 aromatic heterocycles. The molecular formula is C15H17N5O3S2. The molecule has 0 aromatic carbocycles. The van der Waals surface area contributed by atoms with Gasteiger partial charge >= 0.3 is 0 Å². The van der Waals surface area contributed by atoms with Crippen LogP contribution in [-0.2, 0) is 10.0 Å². The Labute approximate surface area is 148 Å². The first kappa shape index (κ1) is 16.4. The average Bonchev–Trinajstić information content (AvgIpc) is 3.26. The van der Waals surface area contributed by atoms with Crippen LogP contribution in [0.4, 0.5) is 5.82 Å². The highest BCUT2D eigenvalue weighted by atomic mass is 32.2. The van der Waals surface area contributed by atoms with Gasteiger partial charge in [-0.2, -0.15) is 4.98 Å². The normalized spacial score (nSPS) is 16.6. The van der Waals surface area contributed by atoms with Crippen molar-refractivity contribution in [2.24, 2.45) is 0 Å². The SMILES string of the molecule is Cc1noc2ncnc(N3CCC(NS(=O)(=O)c4cccs4)CC3)c12. The Hall–Kier alpha value is -2.04. The molecule has 1 fully saturated rings. The molecule has 10 heteroatoms. The van der Waals surface area contributed by atoms with Crippen LogP contribution in [0.1, 0.15) is 18.5 Å². The van der Waals surface area contributed by atoms with E-state index in [0.717, 1.165) is 16.9 Å². The van der Waals surface area contributed by atoms with Crippen molar-refractivity contribution in [3.8, 4) is 0 Å². The molecule has 8 nitrogen and oxygen atoms in total. The molecule has 132 valence electrons. The van der Waals surface area contributed by atoms with Crippen molar-refractivity contribution < 1.29 is 12.9 Å². The van der Waals surface area contributed by atoms with E-state index >= 15 is 0 Å². The summed E-state index contributed by atoms with van der Waals surface area (Å²) < 4.78 is 33.0. The molecule has 0 radical (unpaired) electrons. The number of aromatic nitrogens is 3. The molecule has 0 unspecified atom stereocenters. The van der Waals surface area contributed by atoms with Crippen molar-refractivity contribution in [2.75, 3.05) is 18.0 Å². The van der Waals surface area contributed by atoms with Crippen molar-refractivity contribution in [1.82, 2.24) is 19.8 Å². The number of piperidine rings is 1. The van der Waals surface area contributed by atoms with E-state index in [4.69, 9.17) is 4.52 Å². The summed E-state index contributed by atoms with van der Waals surface area (Å²) in [5.74, 6) is 0.795. The van der Waals surface area contributed by atoms with Crippen molar-refractivity contribution in [3.05, 3.63) is 29.5 Å². The molecule has 0 atom stereocenters. The maximum absolute atomic E-state index is 12.3. The lowest BCUT2D eigenvalue weighted by Crippen LogP contribution is -2.44. The summed E-state index contributed by atoms with van der Waals surface area (Å²) in [7, 11) is -3.43. The van der Waals surface area contributed by atoms with E-state index in [-0.39, 0.29) is 6.04 Å². The van der Waals surface area contributed by atoms with Gasteiger partial charge in [0.1, 0.15) is 21.7 Å². The number of fused-ring (bicyclic) bond motifs is 1. The van der Waals surface area contributed by atoms with E-state index in [1.54, 1.807) is 17.5 Å². The summed E-state index contributed by atoms with van der Waals surface area (Å²) in [6.07, 6.45) is 2.88. The first-order chi connectivity index (χ1) is 12.0. The molecule has 0 bridgehead atoms. The molecule has 0 spiro atoms. The summed E-state index contributed by atoms with van der Waals surface area (Å²) in [6, 6.07) is 3.28. The lowest BCUT2D eigenvalue weighted by atomic mass is 10.1. The minimum Gasteiger partial charge on any atom is -0.356 e. The minimum atomic E-state index is -3.43. The Morgan fingerprint density at radius 3 is 2.84 bits per heavy atom. The lowest BCUT2D eigenvalue weighted by molar-refractivity contribution is 0.442. The molecule has 25 heavy (non-hydrogen) atoms. The van der Waals surface area contributed by atoms with Gasteiger partial charge < -0.3 is 9.42 Å². The number of hydrogen-bond acceptors (Lipinski definition) is 8. The minimum absolute atomic E-state index is 0.0794. The van der Waals surface area contributed by atoms with E-state index < -0.39 is 10.0 Å². The number of nitrogens with zero attached hydrogens (tertiary/aromatic N) is 4. The van der Waals surface area contributed by atoms with Gasteiger partial charge in [0.2, 0.25) is 10.0 Å². The zero-order valence-corrected chi connectivity index (χ0v) is 15.2. The van der Waals surface area contributed by atoms with Gasteiger partial charge in [-0.3, -0.25) is 0 Å². The molecule has 0 amide bonds. The first-order valence-corrected chi connectivity index (χ1v) is 10.3. The highest BCUT2D eigenvalue weighted by Gasteiger charge is 2.27.